The Balaban J connectivity index is 2.14. The number of benzene rings is 2. The van der Waals surface area contributed by atoms with Crippen LogP contribution >= 0.6 is 31.9 Å². The molecule has 0 aliphatic heterocycles. The van der Waals surface area contributed by atoms with E-state index in [9.17, 15) is 5.11 Å². The van der Waals surface area contributed by atoms with Crippen LogP contribution in [-0.4, -0.2) is 10.1 Å². The summed E-state index contributed by atoms with van der Waals surface area (Å²) in [4.78, 5) is 3.29. The van der Waals surface area contributed by atoms with Crippen molar-refractivity contribution in [1.29, 1.82) is 0 Å². The lowest BCUT2D eigenvalue weighted by Crippen LogP contribution is -1.94. The molecule has 3 aromatic rings. The monoisotopic (exact) mass is 393 g/mol. The third-order valence-corrected chi connectivity index (χ3v) is 4.71. The van der Waals surface area contributed by atoms with Crippen molar-refractivity contribution in [1.82, 2.24) is 4.98 Å². The molecule has 0 aliphatic carbocycles. The Bertz CT molecular complexity index is 764. The first kappa shape index (κ1) is 13.9. The number of aromatic amines is 1. The smallest absolute Gasteiger partial charge is 0.0834 e. The van der Waals surface area contributed by atoms with Crippen LogP contribution < -0.4 is 0 Å². The molecule has 102 valence electrons. The number of hydrogen-bond acceptors (Lipinski definition) is 1. The average molecular weight is 395 g/mol. The van der Waals surface area contributed by atoms with E-state index in [2.05, 4.69) is 49.0 Å². The van der Waals surface area contributed by atoms with E-state index in [1.165, 1.54) is 5.56 Å². The van der Waals surface area contributed by atoms with Gasteiger partial charge in [0.25, 0.3) is 0 Å². The summed E-state index contributed by atoms with van der Waals surface area (Å²) in [6, 6.07) is 14.3. The summed E-state index contributed by atoms with van der Waals surface area (Å²) in [6.07, 6.45) is 0.785. The number of rotatable bonds is 3. The van der Waals surface area contributed by atoms with Crippen LogP contribution in [0.3, 0.4) is 0 Å². The van der Waals surface area contributed by atoms with Crippen LogP contribution in [0.2, 0.25) is 0 Å². The fourth-order valence-electron chi connectivity index (χ4n) is 2.44. The van der Waals surface area contributed by atoms with Gasteiger partial charge in [-0.15, -0.1) is 0 Å². The number of aliphatic hydroxyl groups excluding tert-OH is 1. The van der Waals surface area contributed by atoms with E-state index >= 15 is 0 Å². The molecule has 3 rings (SSSR count). The summed E-state index contributed by atoms with van der Waals surface area (Å²) in [5.41, 5.74) is 4.30. The van der Waals surface area contributed by atoms with Crippen molar-refractivity contribution in [2.45, 2.75) is 13.0 Å². The van der Waals surface area contributed by atoms with Crippen molar-refractivity contribution in [2.24, 2.45) is 0 Å². The third kappa shape index (κ3) is 2.55. The summed E-state index contributed by atoms with van der Waals surface area (Å²) in [5, 5.41) is 10.7. The molecule has 0 atom stereocenters. The Hall–Kier alpha value is -1.10. The fraction of sp³-hybridized carbons (Fsp3) is 0.125. The Labute approximate surface area is 134 Å². The molecule has 0 radical (unpaired) electrons. The van der Waals surface area contributed by atoms with E-state index in [0.29, 0.717) is 0 Å². The minimum atomic E-state index is 0.0199. The first-order valence-electron chi connectivity index (χ1n) is 6.32. The number of aliphatic hydroxyl groups is 1. The normalized spacial score (nSPS) is 11.2. The van der Waals surface area contributed by atoms with E-state index in [1.54, 1.807) is 0 Å². The minimum Gasteiger partial charge on any atom is -0.390 e. The van der Waals surface area contributed by atoms with Crippen molar-refractivity contribution in [3.63, 3.8) is 0 Å². The summed E-state index contributed by atoms with van der Waals surface area (Å²) in [6.45, 7) is 0.0199. The maximum Gasteiger partial charge on any atom is 0.0834 e. The molecule has 0 unspecified atom stereocenters. The van der Waals surface area contributed by atoms with E-state index < -0.39 is 0 Å². The van der Waals surface area contributed by atoms with Crippen molar-refractivity contribution in [3.8, 4) is 0 Å². The topological polar surface area (TPSA) is 36.0 Å². The highest BCUT2D eigenvalue weighted by molar-refractivity contribution is 9.10. The lowest BCUT2D eigenvalue weighted by Gasteiger charge is -2.06. The van der Waals surface area contributed by atoms with Crippen LogP contribution in [0, 0.1) is 0 Å². The highest BCUT2D eigenvalue weighted by Gasteiger charge is 2.13. The predicted octanol–water partition coefficient (Wildman–Crippen LogP) is 4.78. The average Bonchev–Trinajstić information content (AvgIpc) is 2.79. The van der Waals surface area contributed by atoms with Gasteiger partial charge in [0.05, 0.1) is 6.61 Å². The highest BCUT2D eigenvalue weighted by Crippen LogP contribution is 2.29. The number of H-pyrrole nitrogens is 1. The van der Waals surface area contributed by atoms with Crippen LogP contribution in [0.4, 0.5) is 0 Å². The van der Waals surface area contributed by atoms with Gasteiger partial charge in [0, 0.05) is 32.0 Å². The van der Waals surface area contributed by atoms with Crippen molar-refractivity contribution in [2.75, 3.05) is 0 Å². The maximum absolute atomic E-state index is 9.58. The molecular weight excluding hydrogens is 382 g/mol. The van der Waals surface area contributed by atoms with Crippen molar-refractivity contribution >= 4 is 42.8 Å². The molecule has 0 fully saturated rings. The third-order valence-electron chi connectivity index (χ3n) is 3.44. The van der Waals surface area contributed by atoms with E-state index in [4.69, 9.17) is 0 Å². The van der Waals surface area contributed by atoms with Gasteiger partial charge in [0.15, 0.2) is 0 Å². The molecule has 4 heteroatoms. The van der Waals surface area contributed by atoms with Crippen LogP contribution in [0.15, 0.2) is 51.4 Å². The summed E-state index contributed by atoms with van der Waals surface area (Å²) >= 11 is 7.10. The molecule has 1 heterocycles. The molecule has 0 bridgehead atoms. The van der Waals surface area contributed by atoms with Gasteiger partial charge in [-0.05, 0) is 35.4 Å². The van der Waals surface area contributed by atoms with Crippen molar-refractivity contribution in [3.05, 3.63) is 68.2 Å². The van der Waals surface area contributed by atoms with Gasteiger partial charge < -0.3 is 10.1 Å². The number of nitrogens with one attached hydrogen (secondary N) is 1. The zero-order valence-corrected chi connectivity index (χ0v) is 13.8. The second kappa shape index (κ2) is 5.72. The van der Waals surface area contributed by atoms with Gasteiger partial charge in [-0.2, -0.15) is 0 Å². The summed E-state index contributed by atoms with van der Waals surface area (Å²) < 4.78 is 2.13. The van der Waals surface area contributed by atoms with E-state index in [0.717, 1.165) is 37.5 Å². The molecule has 1 aromatic heterocycles. The van der Waals surface area contributed by atoms with Gasteiger partial charge in [0.1, 0.15) is 0 Å². The van der Waals surface area contributed by atoms with Crippen LogP contribution in [0.25, 0.3) is 10.9 Å². The molecule has 20 heavy (non-hydrogen) atoms. The molecule has 2 nitrogen and oxygen atoms in total. The zero-order valence-electron chi connectivity index (χ0n) is 10.7. The molecular formula is C16H13Br2NO. The van der Waals surface area contributed by atoms with Gasteiger partial charge in [-0.3, -0.25) is 0 Å². The van der Waals surface area contributed by atoms with Crippen LogP contribution in [-0.2, 0) is 13.0 Å². The minimum absolute atomic E-state index is 0.0199. The second-order valence-corrected chi connectivity index (χ2v) is 6.47. The Morgan fingerprint density at radius 1 is 1.05 bits per heavy atom. The maximum atomic E-state index is 9.58. The van der Waals surface area contributed by atoms with Crippen molar-refractivity contribution < 1.29 is 5.11 Å². The standard InChI is InChI=1S/C16H13Br2NO/c17-11-5-6-15-13(8-11)12(16(9-20)19-15)7-10-3-1-2-4-14(10)18/h1-6,8,19-20H,7,9H2. The Kier molecular flexibility index (Phi) is 3.96. The summed E-state index contributed by atoms with van der Waals surface area (Å²) in [7, 11) is 0. The van der Waals surface area contributed by atoms with Gasteiger partial charge >= 0.3 is 0 Å². The first-order chi connectivity index (χ1) is 9.69. The van der Waals surface area contributed by atoms with E-state index in [-0.39, 0.29) is 6.61 Å². The zero-order chi connectivity index (χ0) is 14.1. The Morgan fingerprint density at radius 2 is 1.85 bits per heavy atom. The molecule has 0 saturated carbocycles. The largest absolute Gasteiger partial charge is 0.390 e. The fourth-order valence-corrected chi connectivity index (χ4v) is 3.23. The Morgan fingerprint density at radius 3 is 2.60 bits per heavy atom. The van der Waals surface area contributed by atoms with Gasteiger partial charge in [-0.1, -0.05) is 50.1 Å². The van der Waals surface area contributed by atoms with Gasteiger partial charge in [-0.25, -0.2) is 0 Å². The lowest BCUT2D eigenvalue weighted by molar-refractivity contribution is 0.277. The SMILES string of the molecule is OCc1[nH]c2ccc(Br)cc2c1Cc1ccccc1Br. The summed E-state index contributed by atoms with van der Waals surface area (Å²) in [5.74, 6) is 0. The predicted molar refractivity (Wildman–Crippen MR) is 88.9 cm³/mol. The second-order valence-electron chi connectivity index (χ2n) is 4.70. The van der Waals surface area contributed by atoms with E-state index in [1.807, 2.05) is 30.3 Å². The molecule has 0 saturated heterocycles. The molecule has 0 aliphatic rings. The molecule has 2 aromatic carbocycles. The number of fused-ring (bicyclic) bond motifs is 1. The number of halogens is 2. The number of aromatic nitrogens is 1. The highest BCUT2D eigenvalue weighted by atomic mass is 79.9. The lowest BCUT2D eigenvalue weighted by atomic mass is 10.0. The quantitative estimate of drug-likeness (QED) is 0.659. The number of hydrogen-bond donors (Lipinski definition) is 2. The molecule has 0 amide bonds. The van der Waals surface area contributed by atoms with Crippen LogP contribution in [0.5, 0.6) is 0 Å². The van der Waals surface area contributed by atoms with Crippen LogP contribution in [0.1, 0.15) is 16.8 Å². The first-order valence-corrected chi connectivity index (χ1v) is 7.91. The van der Waals surface area contributed by atoms with Gasteiger partial charge in [0.2, 0.25) is 0 Å². The molecule has 0 spiro atoms. The molecule has 2 N–H and O–H groups in total.